The van der Waals surface area contributed by atoms with Crippen molar-refractivity contribution in [2.45, 2.75) is 51.7 Å². The first-order valence-corrected chi connectivity index (χ1v) is 7.64. The molecule has 0 saturated carbocycles. The second-order valence-electron chi connectivity index (χ2n) is 5.58. The Labute approximate surface area is 131 Å². The molecule has 1 aromatic carbocycles. The molecule has 1 amide bonds. The maximum Gasteiger partial charge on any atom is 0.329 e. The van der Waals surface area contributed by atoms with Gasteiger partial charge in [-0.2, -0.15) is 0 Å². The number of hydrogen-bond acceptors (Lipinski definition) is 3. The summed E-state index contributed by atoms with van der Waals surface area (Å²) in [7, 11) is 0. The minimum absolute atomic E-state index is 0.248. The number of benzene rings is 1. The molecule has 1 aromatic rings. The van der Waals surface area contributed by atoms with Crippen molar-refractivity contribution in [1.82, 2.24) is 5.32 Å². The lowest BCUT2D eigenvalue weighted by molar-refractivity contribution is -0.147. The number of aliphatic carboxylic acids is 1. The average Bonchev–Trinajstić information content (AvgIpc) is 2.48. The summed E-state index contributed by atoms with van der Waals surface area (Å²) in [4.78, 5) is 23.1. The first-order chi connectivity index (χ1) is 10.5. The van der Waals surface area contributed by atoms with Crippen LogP contribution in [0.15, 0.2) is 30.3 Å². The van der Waals surface area contributed by atoms with Crippen LogP contribution < -0.4 is 5.32 Å². The summed E-state index contributed by atoms with van der Waals surface area (Å²) in [6.45, 7) is 4.43. The van der Waals surface area contributed by atoms with Crippen LogP contribution in [-0.4, -0.2) is 29.1 Å². The lowest BCUT2D eigenvalue weighted by Crippen LogP contribution is -2.52. The fourth-order valence-electron chi connectivity index (χ4n) is 2.19. The summed E-state index contributed by atoms with van der Waals surface area (Å²) in [6, 6.07) is 9.81. The molecule has 0 saturated heterocycles. The van der Waals surface area contributed by atoms with Crippen LogP contribution in [0.2, 0.25) is 0 Å². The van der Waals surface area contributed by atoms with E-state index in [1.807, 2.05) is 37.3 Å². The third kappa shape index (κ3) is 6.26. The Morgan fingerprint density at radius 2 is 1.95 bits per heavy atom. The Bertz CT molecular complexity index is 475. The van der Waals surface area contributed by atoms with Gasteiger partial charge in [0.25, 0.3) is 0 Å². The molecule has 0 radical (unpaired) electrons. The lowest BCUT2D eigenvalue weighted by atomic mass is 9.96. The van der Waals surface area contributed by atoms with E-state index in [4.69, 9.17) is 4.74 Å². The van der Waals surface area contributed by atoms with E-state index < -0.39 is 11.5 Å². The van der Waals surface area contributed by atoms with Gasteiger partial charge in [-0.3, -0.25) is 4.79 Å². The molecule has 1 rings (SSSR count). The number of nitrogens with one attached hydrogen (secondary N) is 1. The van der Waals surface area contributed by atoms with E-state index in [1.54, 1.807) is 6.92 Å². The molecule has 5 nitrogen and oxygen atoms in total. The topological polar surface area (TPSA) is 75.6 Å². The fraction of sp³-hybridized carbons (Fsp3) is 0.529. The molecule has 1 unspecified atom stereocenters. The highest BCUT2D eigenvalue weighted by molar-refractivity contribution is 5.86. The predicted molar refractivity (Wildman–Crippen MR) is 84.4 cm³/mol. The van der Waals surface area contributed by atoms with Crippen LogP contribution in [-0.2, 0) is 20.9 Å². The summed E-state index contributed by atoms with van der Waals surface area (Å²) in [6.07, 6.45) is 1.95. The summed E-state index contributed by atoms with van der Waals surface area (Å²) in [5, 5.41) is 11.8. The highest BCUT2D eigenvalue weighted by atomic mass is 16.5. The molecule has 0 aliphatic rings. The van der Waals surface area contributed by atoms with Gasteiger partial charge in [-0.15, -0.1) is 0 Å². The van der Waals surface area contributed by atoms with E-state index in [-0.39, 0.29) is 12.3 Å². The highest BCUT2D eigenvalue weighted by Gasteiger charge is 2.33. The SMILES string of the molecule is CCCC(C)(NC(=O)CCCOCc1ccccc1)C(=O)O. The molecular formula is C17H25NO4. The molecule has 5 heteroatoms. The molecule has 0 spiro atoms. The highest BCUT2D eigenvalue weighted by Crippen LogP contribution is 2.13. The number of ether oxygens (including phenoxy) is 1. The van der Waals surface area contributed by atoms with Gasteiger partial charge in [-0.1, -0.05) is 43.7 Å². The summed E-state index contributed by atoms with van der Waals surface area (Å²) < 4.78 is 5.50. The van der Waals surface area contributed by atoms with E-state index in [0.29, 0.717) is 32.5 Å². The van der Waals surface area contributed by atoms with Gasteiger partial charge in [0.05, 0.1) is 6.61 Å². The van der Waals surface area contributed by atoms with Gasteiger partial charge in [0.2, 0.25) is 5.91 Å². The number of carboxylic acids is 1. The van der Waals surface area contributed by atoms with Crippen molar-refractivity contribution in [3.05, 3.63) is 35.9 Å². The first-order valence-electron chi connectivity index (χ1n) is 7.64. The Morgan fingerprint density at radius 3 is 2.55 bits per heavy atom. The van der Waals surface area contributed by atoms with Gasteiger partial charge in [-0.25, -0.2) is 4.79 Å². The van der Waals surface area contributed by atoms with E-state index in [2.05, 4.69) is 5.32 Å². The molecule has 0 bridgehead atoms. The number of hydrogen-bond donors (Lipinski definition) is 2. The zero-order valence-corrected chi connectivity index (χ0v) is 13.3. The monoisotopic (exact) mass is 307 g/mol. The summed E-state index contributed by atoms with van der Waals surface area (Å²) in [5.41, 5.74) is -0.0927. The van der Waals surface area contributed by atoms with Crippen molar-refractivity contribution in [3.8, 4) is 0 Å². The zero-order valence-electron chi connectivity index (χ0n) is 13.3. The Kier molecular flexibility index (Phi) is 7.60. The lowest BCUT2D eigenvalue weighted by Gasteiger charge is -2.25. The van der Waals surface area contributed by atoms with Crippen molar-refractivity contribution in [2.75, 3.05) is 6.61 Å². The van der Waals surface area contributed by atoms with Gasteiger partial charge in [0, 0.05) is 13.0 Å². The second-order valence-corrected chi connectivity index (χ2v) is 5.58. The van der Waals surface area contributed by atoms with Crippen molar-refractivity contribution >= 4 is 11.9 Å². The van der Waals surface area contributed by atoms with Gasteiger partial charge >= 0.3 is 5.97 Å². The Balaban J connectivity index is 2.24. The normalized spacial score (nSPS) is 13.4. The second kappa shape index (κ2) is 9.20. The predicted octanol–water partition coefficient (Wildman–Crippen LogP) is 2.74. The standard InChI is InChI=1S/C17H25NO4/c1-3-11-17(2,16(20)21)18-15(19)10-7-12-22-13-14-8-5-4-6-9-14/h4-6,8-9H,3,7,10-13H2,1-2H3,(H,18,19)(H,20,21). The summed E-state index contributed by atoms with van der Waals surface area (Å²) in [5.74, 6) is -1.25. The van der Waals surface area contributed by atoms with Crippen LogP contribution in [0.3, 0.4) is 0 Å². The Hall–Kier alpha value is -1.88. The smallest absolute Gasteiger partial charge is 0.329 e. The molecule has 0 fully saturated rings. The van der Waals surface area contributed by atoms with Crippen LogP contribution in [0, 0.1) is 0 Å². The van der Waals surface area contributed by atoms with Crippen LogP contribution in [0.1, 0.15) is 45.1 Å². The van der Waals surface area contributed by atoms with E-state index in [1.165, 1.54) is 0 Å². The number of carboxylic acid groups (broad SMARTS) is 1. The van der Waals surface area contributed by atoms with Crippen molar-refractivity contribution in [2.24, 2.45) is 0 Å². The summed E-state index contributed by atoms with van der Waals surface area (Å²) >= 11 is 0. The Morgan fingerprint density at radius 1 is 1.27 bits per heavy atom. The van der Waals surface area contributed by atoms with Crippen molar-refractivity contribution < 1.29 is 19.4 Å². The van der Waals surface area contributed by atoms with Gasteiger partial charge < -0.3 is 15.2 Å². The maximum atomic E-state index is 11.8. The molecule has 0 aromatic heterocycles. The molecule has 122 valence electrons. The van der Waals surface area contributed by atoms with Crippen LogP contribution in [0.4, 0.5) is 0 Å². The first kappa shape index (κ1) is 18.2. The fourth-order valence-corrected chi connectivity index (χ4v) is 2.19. The quantitative estimate of drug-likeness (QED) is 0.652. The van der Waals surface area contributed by atoms with Gasteiger partial charge in [0.1, 0.15) is 5.54 Å². The molecule has 0 heterocycles. The van der Waals surface area contributed by atoms with Gasteiger partial charge in [0.15, 0.2) is 0 Å². The zero-order chi connectivity index (χ0) is 16.4. The molecule has 0 aliphatic heterocycles. The minimum atomic E-state index is -1.18. The molecule has 22 heavy (non-hydrogen) atoms. The number of amides is 1. The molecule has 1 atom stereocenters. The minimum Gasteiger partial charge on any atom is -0.480 e. The van der Waals surface area contributed by atoms with E-state index in [0.717, 1.165) is 5.56 Å². The van der Waals surface area contributed by atoms with E-state index in [9.17, 15) is 14.7 Å². The van der Waals surface area contributed by atoms with E-state index >= 15 is 0 Å². The third-order valence-corrected chi connectivity index (χ3v) is 3.44. The average molecular weight is 307 g/mol. The molecular weight excluding hydrogens is 282 g/mol. The van der Waals surface area contributed by atoms with Crippen LogP contribution in [0.5, 0.6) is 0 Å². The number of rotatable bonds is 10. The van der Waals surface area contributed by atoms with Crippen LogP contribution in [0.25, 0.3) is 0 Å². The van der Waals surface area contributed by atoms with Crippen molar-refractivity contribution in [3.63, 3.8) is 0 Å². The third-order valence-electron chi connectivity index (χ3n) is 3.44. The van der Waals surface area contributed by atoms with Gasteiger partial charge in [-0.05, 0) is 25.3 Å². The van der Waals surface area contributed by atoms with Crippen LogP contribution >= 0.6 is 0 Å². The largest absolute Gasteiger partial charge is 0.480 e. The van der Waals surface area contributed by atoms with Crippen molar-refractivity contribution in [1.29, 1.82) is 0 Å². The number of carbonyl (C=O) groups excluding carboxylic acids is 1. The molecule has 0 aliphatic carbocycles. The number of carbonyl (C=O) groups is 2. The maximum absolute atomic E-state index is 11.8. The molecule has 2 N–H and O–H groups in total.